The molecule has 2 atom stereocenters. The maximum absolute atomic E-state index is 13.6. The summed E-state index contributed by atoms with van der Waals surface area (Å²) in [5, 5.41) is 9.59. The van der Waals surface area contributed by atoms with Crippen LogP contribution in [-0.4, -0.2) is 107 Å². The van der Waals surface area contributed by atoms with Gasteiger partial charge >= 0.3 is 6.09 Å². The van der Waals surface area contributed by atoms with E-state index in [1.54, 1.807) is 4.68 Å². The Labute approximate surface area is 347 Å². The maximum atomic E-state index is 13.6. The monoisotopic (exact) mass is 830 g/mol. The van der Waals surface area contributed by atoms with Crippen LogP contribution in [0.2, 0.25) is 51.4 Å². The van der Waals surface area contributed by atoms with Gasteiger partial charge < -0.3 is 28.7 Å². The molecule has 316 valence electrons. The molecule has 1 amide bonds. The van der Waals surface area contributed by atoms with Crippen LogP contribution in [-0.2, 0) is 26.0 Å². The third-order valence-corrected chi connectivity index (χ3v) is 14.2. The lowest BCUT2D eigenvalue weighted by Gasteiger charge is -2.40. The predicted octanol–water partition coefficient (Wildman–Crippen LogP) is 9.28. The standard InChI is InChI=1S/C43H66N8O5Si2/c1-13-55-30(2)38-39(32-24-33-15-16-34(25-32)50(33)42(52)56-43(3,4)5)46-40-35(31-14-17-36(44-26-31)37-18-19-48(6)47-37)27-45-51(40)41(38)49(28-53-20-22-57(7,8)9)29-54-21-23-58(10,11)12/h14,17-19,26-27,32-34H,2,13,15-16,20-25,28-29H2,1,3-12H3. The van der Waals surface area contributed by atoms with Crippen molar-refractivity contribution in [2.24, 2.45) is 7.05 Å². The molecule has 13 nitrogen and oxygen atoms in total. The van der Waals surface area contributed by atoms with Gasteiger partial charge in [0.2, 0.25) is 0 Å². The van der Waals surface area contributed by atoms with E-state index in [1.807, 2.05) is 74.9 Å². The number of fused-ring (bicyclic) bond motifs is 3. The predicted molar refractivity (Wildman–Crippen MR) is 236 cm³/mol. The van der Waals surface area contributed by atoms with Gasteiger partial charge in [-0.05, 0) is 77.6 Å². The zero-order valence-corrected chi connectivity index (χ0v) is 38.8. The molecule has 2 aliphatic rings. The fourth-order valence-corrected chi connectivity index (χ4v) is 9.35. The van der Waals surface area contributed by atoms with Crippen molar-refractivity contribution in [2.45, 2.75) is 128 Å². The first-order chi connectivity index (χ1) is 27.3. The zero-order chi connectivity index (χ0) is 42.0. The van der Waals surface area contributed by atoms with Gasteiger partial charge in [0.1, 0.15) is 36.3 Å². The highest BCUT2D eigenvalue weighted by atomic mass is 28.3. The Hall–Kier alpha value is -4.06. The van der Waals surface area contributed by atoms with Gasteiger partial charge in [-0.1, -0.05) is 51.9 Å². The summed E-state index contributed by atoms with van der Waals surface area (Å²) in [6.45, 7) is 28.7. The molecule has 4 aromatic rings. The maximum Gasteiger partial charge on any atom is 0.410 e. The fourth-order valence-electron chi connectivity index (χ4n) is 7.84. The normalized spacial score (nSPS) is 18.5. The molecule has 4 aromatic heterocycles. The first kappa shape index (κ1) is 43.5. The van der Waals surface area contributed by atoms with E-state index in [0.717, 1.165) is 77.4 Å². The number of anilines is 1. The molecule has 15 heteroatoms. The van der Waals surface area contributed by atoms with Crippen molar-refractivity contribution in [1.82, 2.24) is 34.3 Å². The summed E-state index contributed by atoms with van der Waals surface area (Å²) < 4.78 is 28.9. The van der Waals surface area contributed by atoms with Crippen LogP contribution in [0.3, 0.4) is 0 Å². The van der Waals surface area contributed by atoms with Crippen molar-refractivity contribution in [3.8, 4) is 22.5 Å². The topological polar surface area (TPSA) is 121 Å². The van der Waals surface area contributed by atoms with Crippen LogP contribution >= 0.6 is 0 Å². The van der Waals surface area contributed by atoms with Crippen LogP contribution in [0.25, 0.3) is 33.9 Å². The molecule has 6 rings (SSSR count). The minimum Gasteiger partial charge on any atom is -0.494 e. The summed E-state index contributed by atoms with van der Waals surface area (Å²) in [6.07, 6.45) is 8.74. The number of aryl methyl sites for hydroxylation is 1. The van der Waals surface area contributed by atoms with Gasteiger partial charge in [0.15, 0.2) is 5.65 Å². The van der Waals surface area contributed by atoms with Crippen LogP contribution in [0.15, 0.2) is 43.4 Å². The molecular formula is C43H66N8O5Si2. The van der Waals surface area contributed by atoms with E-state index >= 15 is 0 Å². The molecule has 2 fully saturated rings. The van der Waals surface area contributed by atoms with E-state index in [4.69, 9.17) is 34.0 Å². The van der Waals surface area contributed by atoms with Crippen molar-refractivity contribution in [3.05, 3.63) is 54.6 Å². The lowest BCUT2D eigenvalue weighted by Crippen LogP contribution is -2.48. The lowest BCUT2D eigenvalue weighted by atomic mass is 9.85. The highest BCUT2D eigenvalue weighted by Gasteiger charge is 2.46. The number of hydrogen-bond donors (Lipinski definition) is 0. The third kappa shape index (κ3) is 10.6. The fraction of sp³-hybridized carbons (Fsp3) is 0.605. The van der Waals surface area contributed by atoms with E-state index in [1.165, 1.54) is 0 Å². The molecule has 58 heavy (non-hydrogen) atoms. The molecule has 2 bridgehead atoms. The van der Waals surface area contributed by atoms with E-state index in [-0.39, 0.29) is 24.1 Å². The van der Waals surface area contributed by atoms with Gasteiger partial charge in [-0.25, -0.2) is 9.78 Å². The van der Waals surface area contributed by atoms with Gasteiger partial charge in [0.05, 0.1) is 29.8 Å². The number of pyridine rings is 1. The molecule has 0 aromatic carbocycles. The van der Waals surface area contributed by atoms with Gasteiger partial charge in [-0.2, -0.15) is 14.7 Å². The summed E-state index contributed by atoms with van der Waals surface area (Å²) in [5.41, 5.74) is 5.14. The van der Waals surface area contributed by atoms with E-state index in [0.29, 0.717) is 44.7 Å². The number of amides is 1. The highest BCUT2D eigenvalue weighted by Crippen LogP contribution is 2.47. The Morgan fingerprint density at radius 1 is 0.931 bits per heavy atom. The Kier molecular flexibility index (Phi) is 13.2. The lowest BCUT2D eigenvalue weighted by molar-refractivity contribution is 0.00566. The molecule has 0 saturated carbocycles. The second kappa shape index (κ2) is 17.7. The second-order valence-electron chi connectivity index (χ2n) is 19.3. The van der Waals surface area contributed by atoms with Crippen LogP contribution < -0.4 is 4.90 Å². The third-order valence-electron chi connectivity index (χ3n) is 10.8. The average molecular weight is 831 g/mol. The minimum absolute atomic E-state index is 0.0158. The van der Waals surface area contributed by atoms with Gasteiger partial charge in [0, 0.05) is 77.9 Å². The molecule has 0 radical (unpaired) electrons. The number of piperidine rings is 1. The van der Waals surface area contributed by atoms with Crippen molar-refractivity contribution in [1.29, 1.82) is 0 Å². The van der Waals surface area contributed by atoms with Crippen molar-refractivity contribution in [2.75, 3.05) is 38.2 Å². The van der Waals surface area contributed by atoms with Gasteiger partial charge in [-0.3, -0.25) is 9.67 Å². The Morgan fingerprint density at radius 2 is 1.57 bits per heavy atom. The van der Waals surface area contributed by atoms with Crippen molar-refractivity contribution in [3.63, 3.8) is 0 Å². The molecule has 0 N–H and O–H groups in total. The number of hydrogen-bond acceptors (Lipinski definition) is 10. The largest absolute Gasteiger partial charge is 0.494 e. The number of rotatable bonds is 17. The SMILES string of the molecule is C=C(OCC)c1c(C2CC3CCC(C2)N3C(=O)OC(C)(C)C)nc2c(-c3ccc(-c4ccn(C)n4)nc3)cnn2c1N(COCC[Si](C)(C)C)COCC[Si](C)(C)C. The number of aromatic nitrogens is 6. The Morgan fingerprint density at radius 3 is 2.09 bits per heavy atom. The summed E-state index contributed by atoms with van der Waals surface area (Å²) >= 11 is 0. The smallest absolute Gasteiger partial charge is 0.410 e. The molecule has 6 heterocycles. The number of nitrogens with zero attached hydrogens (tertiary/aromatic N) is 8. The quantitative estimate of drug-likeness (QED) is 0.0441. The average Bonchev–Trinajstić information content (AvgIpc) is 3.83. The Bertz CT molecular complexity index is 2010. The van der Waals surface area contributed by atoms with E-state index < -0.39 is 21.7 Å². The molecular weight excluding hydrogens is 765 g/mol. The first-order valence-electron chi connectivity index (χ1n) is 20.9. The molecule has 0 aliphatic carbocycles. The van der Waals surface area contributed by atoms with Crippen LogP contribution in [0.5, 0.6) is 0 Å². The summed E-state index contributed by atoms with van der Waals surface area (Å²) in [4.78, 5) is 28.0. The minimum atomic E-state index is -1.35. The summed E-state index contributed by atoms with van der Waals surface area (Å²) in [5.74, 6) is 1.31. The van der Waals surface area contributed by atoms with Crippen molar-refractivity contribution < 1.29 is 23.7 Å². The number of ether oxygens (including phenoxy) is 4. The highest BCUT2D eigenvalue weighted by molar-refractivity contribution is 6.76. The molecule has 2 aliphatic heterocycles. The first-order valence-corrected chi connectivity index (χ1v) is 28.3. The van der Waals surface area contributed by atoms with Crippen LogP contribution in [0.1, 0.15) is 70.6 Å². The molecule has 0 spiro atoms. The zero-order valence-electron chi connectivity index (χ0n) is 36.8. The number of carbonyl (C=O) groups is 1. The Balaban J connectivity index is 1.48. The van der Waals surface area contributed by atoms with Gasteiger partial charge in [0.25, 0.3) is 0 Å². The number of carbonyl (C=O) groups excluding carboxylic acids is 1. The molecule has 2 unspecified atom stereocenters. The van der Waals surface area contributed by atoms with Gasteiger partial charge in [-0.15, -0.1) is 0 Å². The van der Waals surface area contributed by atoms with E-state index in [2.05, 4.69) is 61.9 Å². The van der Waals surface area contributed by atoms with E-state index in [9.17, 15) is 4.79 Å². The summed E-state index contributed by atoms with van der Waals surface area (Å²) in [6, 6.07) is 8.15. The second-order valence-corrected chi connectivity index (χ2v) is 30.6. The van der Waals surface area contributed by atoms with Crippen LogP contribution in [0.4, 0.5) is 10.6 Å². The summed E-state index contributed by atoms with van der Waals surface area (Å²) in [7, 11) is -0.797. The van der Waals surface area contributed by atoms with Crippen LogP contribution in [0, 0.1) is 0 Å². The molecule has 2 saturated heterocycles. The van der Waals surface area contributed by atoms with Crippen molar-refractivity contribution >= 4 is 39.5 Å².